The zero-order valence-corrected chi connectivity index (χ0v) is 19.6. The molecule has 0 saturated heterocycles. The molecule has 0 atom stereocenters. The number of benzene rings is 3. The number of hydrogen-bond acceptors (Lipinski definition) is 6. The van der Waals surface area contributed by atoms with Crippen LogP contribution in [-0.4, -0.2) is 37.1 Å². The van der Waals surface area contributed by atoms with Gasteiger partial charge in [-0.25, -0.2) is 13.1 Å². The number of amides is 2. The first-order valence-electron chi connectivity index (χ1n) is 10.4. The highest BCUT2D eigenvalue weighted by Gasteiger charge is 2.22. The molecule has 4 rings (SSSR count). The van der Waals surface area contributed by atoms with Gasteiger partial charge in [0.25, 0.3) is 27.4 Å². The van der Waals surface area contributed by atoms with Crippen molar-refractivity contribution >= 4 is 38.3 Å². The Hall–Kier alpha value is -4.51. The van der Waals surface area contributed by atoms with Crippen LogP contribution in [0, 0.1) is 0 Å². The van der Waals surface area contributed by atoms with Crippen LogP contribution < -0.4 is 20.7 Å². The predicted octanol–water partition coefficient (Wildman–Crippen LogP) is 1.83. The van der Waals surface area contributed by atoms with Crippen molar-refractivity contribution in [1.29, 1.82) is 0 Å². The summed E-state index contributed by atoms with van der Waals surface area (Å²) < 4.78 is 28.0. The molecule has 0 aliphatic rings. The third-order valence-corrected chi connectivity index (χ3v) is 7.16. The van der Waals surface area contributed by atoms with E-state index in [0.29, 0.717) is 16.5 Å². The molecule has 2 N–H and O–H groups in total. The van der Waals surface area contributed by atoms with Crippen LogP contribution in [-0.2, 0) is 17.1 Å². The maximum Gasteiger partial charge on any atom is 0.290 e. The topological polar surface area (TPSA) is 130 Å². The highest BCUT2D eigenvalue weighted by atomic mass is 32.2. The maximum absolute atomic E-state index is 12.9. The summed E-state index contributed by atoms with van der Waals surface area (Å²) in [7, 11) is -0.961. The molecule has 0 fully saturated rings. The number of carbonyl (C=O) groups is 2. The van der Waals surface area contributed by atoms with Gasteiger partial charge in [-0.1, -0.05) is 36.4 Å². The molecule has 0 aliphatic heterocycles. The van der Waals surface area contributed by atoms with Gasteiger partial charge in [0.05, 0.1) is 16.0 Å². The summed E-state index contributed by atoms with van der Waals surface area (Å²) in [6, 6.07) is 20.4. The molecule has 11 heteroatoms. The summed E-state index contributed by atoms with van der Waals surface area (Å²) in [5.74, 6) is -1.37. The van der Waals surface area contributed by atoms with Gasteiger partial charge in [-0.05, 0) is 42.5 Å². The van der Waals surface area contributed by atoms with E-state index in [-0.39, 0.29) is 21.7 Å². The van der Waals surface area contributed by atoms with Crippen LogP contribution in [0.3, 0.4) is 0 Å². The molecule has 0 bridgehead atoms. The number of rotatable bonds is 5. The largest absolute Gasteiger partial charge is 0.290 e. The molecule has 35 heavy (non-hydrogen) atoms. The van der Waals surface area contributed by atoms with Gasteiger partial charge in [-0.15, -0.1) is 0 Å². The summed E-state index contributed by atoms with van der Waals surface area (Å²) in [6.45, 7) is 0. The SMILES string of the molecule is CN(c1ccccc1)S(=O)(=O)c1ccc(C(=O)NNC(=O)c2nn(C)c(=O)c3ccccc23)cc1. The predicted molar refractivity (Wildman–Crippen MR) is 130 cm³/mol. The zero-order chi connectivity index (χ0) is 25.2. The lowest BCUT2D eigenvalue weighted by Gasteiger charge is -2.19. The molecular weight excluding hydrogens is 470 g/mol. The van der Waals surface area contributed by atoms with Crippen molar-refractivity contribution in [3.63, 3.8) is 0 Å². The summed E-state index contributed by atoms with van der Waals surface area (Å²) in [6.07, 6.45) is 0. The molecule has 10 nitrogen and oxygen atoms in total. The number of nitrogens with one attached hydrogen (secondary N) is 2. The van der Waals surface area contributed by atoms with Gasteiger partial charge < -0.3 is 0 Å². The fraction of sp³-hybridized carbons (Fsp3) is 0.0833. The van der Waals surface area contributed by atoms with Gasteiger partial charge in [-0.3, -0.25) is 29.5 Å². The van der Waals surface area contributed by atoms with Crippen LogP contribution in [0.15, 0.2) is 88.6 Å². The van der Waals surface area contributed by atoms with Crippen LogP contribution in [0.25, 0.3) is 10.8 Å². The summed E-state index contributed by atoms with van der Waals surface area (Å²) in [5.41, 5.74) is 4.79. The molecule has 3 aromatic carbocycles. The lowest BCUT2D eigenvalue weighted by molar-refractivity contribution is 0.0844. The summed E-state index contributed by atoms with van der Waals surface area (Å²) >= 11 is 0. The van der Waals surface area contributed by atoms with Crippen LogP contribution >= 0.6 is 0 Å². The lowest BCUT2D eigenvalue weighted by Crippen LogP contribution is -2.42. The smallest absolute Gasteiger partial charge is 0.269 e. The first-order chi connectivity index (χ1) is 16.7. The minimum absolute atomic E-state index is 0.00492. The van der Waals surface area contributed by atoms with Crippen LogP contribution in [0.1, 0.15) is 20.8 Å². The number of sulfonamides is 1. The number of anilines is 1. The van der Waals surface area contributed by atoms with Crippen LogP contribution in [0.2, 0.25) is 0 Å². The maximum atomic E-state index is 12.9. The van der Waals surface area contributed by atoms with Crippen molar-refractivity contribution in [2.75, 3.05) is 11.4 Å². The lowest BCUT2D eigenvalue weighted by atomic mass is 10.1. The number of carbonyl (C=O) groups excluding carboxylic acids is 2. The molecule has 2 amide bonds. The number of hydrazine groups is 1. The fourth-order valence-corrected chi connectivity index (χ4v) is 4.62. The summed E-state index contributed by atoms with van der Waals surface area (Å²) in [5, 5.41) is 4.67. The van der Waals surface area contributed by atoms with Crippen molar-refractivity contribution in [3.8, 4) is 0 Å². The Labute approximate surface area is 200 Å². The second-order valence-electron chi connectivity index (χ2n) is 7.56. The molecule has 0 saturated carbocycles. The Morgan fingerprint density at radius 3 is 2.06 bits per heavy atom. The molecule has 4 aromatic rings. The molecular formula is C24H21N5O5S. The van der Waals surface area contributed by atoms with Gasteiger partial charge >= 0.3 is 0 Å². The minimum Gasteiger partial charge on any atom is -0.269 e. The van der Waals surface area contributed by atoms with Gasteiger partial charge in [-0.2, -0.15) is 5.10 Å². The van der Waals surface area contributed by atoms with E-state index in [1.54, 1.807) is 54.6 Å². The standard InChI is InChI=1S/C24H21N5O5S/c1-28-24(32)20-11-7-6-10-19(20)21(27-28)23(31)26-25-22(30)16-12-14-18(15-13-16)35(33,34)29(2)17-8-4-3-5-9-17/h3-15H,1-2H3,(H,25,30)(H,26,31). The number of aromatic nitrogens is 2. The van der Waals surface area contributed by atoms with Gasteiger partial charge in [0.2, 0.25) is 0 Å². The average Bonchev–Trinajstić information content (AvgIpc) is 2.89. The Bertz CT molecular complexity index is 1580. The highest BCUT2D eigenvalue weighted by molar-refractivity contribution is 7.92. The highest BCUT2D eigenvalue weighted by Crippen LogP contribution is 2.22. The monoisotopic (exact) mass is 491 g/mol. The number of hydrogen-bond donors (Lipinski definition) is 2. The first-order valence-corrected chi connectivity index (χ1v) is 11.8. The Morgan fingerprint density at radius 1 is 0.829 bits per heavy atom. The van der Waals surface area contributed by atoms with Gasteiger partial charge in [0.1, 0.15) is 0 Å². The van der Waals surface area contributed by atoms with E-state index in [4.69, 9.17) is 0 Å². The van der Waals surface area contributed by atoms with Crippen molar-refractivity contribution in [2.45, 2.75) is 4.90 Å². The Kier molecular flexibility index (Phi) is 6.34. The van der Waals surface area contributed by atoms with Crippen LogP contribution in [0.4, 0.5) is 5.69 Å². The molecule has 178 valence electrons. The summed E-state index contributed by atoms with van der Waals surface area (Å²) in [4.78, 5) is 37.4. The van der Waals surface area contributed by atoms with E-state index in [2.05, 4.69) is 16.0 Å². The van der Waals surface area contributed by atoms with Gasteiger partial charge in [0.15, 0.2) is 5.69 Å². The molecule has 1 aromatic heterocycles. The van der Waals surface area contributed by atoms with Crippen molar-refractivity contribution in [3.05, 3.63) is 100 Å². The fourth-order valence-electron chi connectivity index (χ4n) is 3.43. The molecule has 1 heterocycles. The Morgan fingerprint density at radius 2 is 1.40 bits per heavy atom. The molecule has 0 aliphatic carbocycles. The number of para-hydroxylation sites is 1. The quantitative estimate of drug-likeness (QED) is 0.410. The first kappa shape index (κ1) is 23.6. The van der Waals surface area contributed by atoms with Crippen molar-refractivity contribution in [2.24, 2.45) is 7.05 Å². The second kappa shape index (κ2) is 9.39. The van der Waals surface area contributed by atoms with E-state index < -0.39 is 21.8 Å². The van der Waals surface area contributed by atoms with Crippen LogP contribution in [0.5, 0.6) is 0 Å². The number of nitrogens with zero attached hydrogens (tertiary/aromatic N) is 3. The zero-order valence-electron chi connectivity index (χ0n) is 18.8. The van der Waals surface area contributed by atoms with Crippen molar-refractivity contribution in [1.82, 2.24) is 20.6 Å². The van der Waals surface area contributed by atoms with E-state index in [1.165, 1.54) is 38.4 Å². The van der Waals surface area contributed by atoms with E-state index in [0.717, 1.165) is 8.99 Å². The number of fused-ring (bicyclic) bond motifs is 1. The van der Waals surface area contributed by atoms with E-state index in [9.17, 15) is 22.8 Å². The second-order valence-corrected chi connectivity index (χ2v) is 9.53. The Balaban J connectivity index is 1.48. The van der Waals surface area contributed by atoms with E-state index >= 15 is 0 Å². The van der Waals surface area contributed by atoms with Crippen molar-refractivity contribution < 1.29 is 18.0 Å². The molecule has 0 spiro atoms. The normalized spacial score (nSPS) is 11.1. The number of aryl methyl sites for hydroxylation is 1. The van der Waals surface area contributed by atoms with Gasteiger partial charge in [0, 0.05) is 25.0 Å². The molecule has 0 radical (unpaired) electrons. The minimum atomic E-state index is -3.83. The third-order valence-electron chi connectivity index (χ3n) is 5.36. The van der Waals surface area contributed by atoms with E-state index in [1.807, 2.05) is 0 Å². The molecule has 0 unspecified atom stereocenters. The third kappa shape index (κ3) is 4.62. The average molecular weight is 492 g/mol.